The summed E-state index contributed by atoms with van der Waals surface area (Å²) in [5, 5.41) is 3.59. The first-order chi connectivity index (χ1) is 17.4. The van der Waals surface area contributed by atoms with Gasteiger partial charge in [0, 0.05) is 34.1 Å². The van der Waals surface area contributed by atoms with Crippen molar-refractivity contribution in [2.45, 2.75) is 32.7 Å². The largest absolute Gasteiger partial charge is 0.326 e. The number of imidazole rings is 1. The zero-order valence-electron chi connectivity index (χ0n) is 20.2. The monoisotopic (exact) mass is 498 g/mol. The molecular formula is C29H27ClN4O2. The van der Waals surface area contributed by atoms with Gasteiger partial charge in [-0.1, -0.05) is 59.1 Å². The first-order valence-corrected chi connectivity index (χ1v) is 12.3. The smallest absolute Gasteiger partial charge is 0.254 e. The van der Waals surface area contributed by atoms with Gasteiger partial charge in [0.1, 0.15) is 6.54 Å². The van der Waals surface area contributed by atoms with Crippen LogP contribution in [0.15, 0.2) is 79.0 Å². The number of aromatic nitrogens is 2. The van der Waals surface area contributed by atoms with E-state index in [1.807, 2.05) is 97.4 Å². The minimum atomic E-state index is -0.288. The van der Waals surface area contributed by atoms with Gasteiger partial charge >= 0.3 is 0 Å². The van der Waals surface area contributed by atoms with Crippen molar-refractivity contribution in [2.75, 3.05) is 11.9 Å². The number of nitrogens with zero attached hydrogens (tertiary/aromatic N) is 3. The summed E-state index contributed by atoms with van der Waals surface area (Å²) in [6.45, 7) is 3.97. The van der Waals surface area contributed by atoms with Crippen molar-refractivity contribution < 1.29 is 9.59 Å². The van der Waals surface area contributed by atoms with Gasteiger partial charge in [0.2, 0.25) is 11.9 Å². The highest BCUT2D eigenvalue weighted by molar-refractivity contribution is 6.30. The summed E-state index contributed by atoms with van der Waals surface area (Å²) in [6, 6.07) is 22.9. The molecule has 0 unspecified atom stereocenters. The predicted octanol–water partition coefficient (Wildman–Crippen LogP) is 6.05. The zero-order chi connectivity index (χ0) is 25.2. The Morgan fingerprint density at radius 1 is 0.944 bits per heavy atom. The van der Waals surface area contributed by atoms with Crippen molar-refractivity contribution in [3.05, 3.63) is 101 Å². The second-order valence-corrected chi connectivity index (χ2v) is 9.68. The van der Waals surface area contributed by atoms with E-state index in [4.69, 9.17) is 16.6 Å². The Balaban J connectivity index is 1.41. The van der Waals surface area contributed by atoms with Crippen LogP contribution in [0.2, 0.25) is 5.02 Å². The van der Waals surface area contributed by atoms with E-state index in [2.05, 4.69) is 5.32 Å². The van der Waals surface area contributed by atoms with Crippen LogP contribution in [-0.4, -0.2) is 38.9 Å². The predicted molar refractivity (Wildman–Crippen MR) is 143 cm³/mol. The molecule has 2 amide bonds. The van der Waals surface area contributed by atoms with Crippen LogP contribution in [0.5, 0.6) is 0 Å². The van der Waals surface area contributed by atoms with E-state index in [-0.39, 0.29) is 24.4 Å². The topological polar surface area (TPSA) is 67.2 Å². The first kappa shape index (κ1) is 23.8. The van der Waals surface area contributed by atoms with Gasteiger partial charge in [-0.2, -0.15) is 0 Å². The molecule has 182 valence electrons. The average molecular weight is 499 g/mol. The summed E-state index contributed by atoms with van der Waals surface area (Å²) in [4.78, 5) is 32.8. The van der Waals surface area contributed by atoms with Crippen LogP contribution in [0.1, 0.15) is 34.3 Å². The van der Waals surface area contributed by atoms with Crippen LogP contribution in [0.25, 0.3) is 16.9 Å². The van der Waals surface area contributed by atoms with Gasteiger partial charge in [0.15, 0.2) is 0 Å². The van der Waals surface area contributed by atoms with E-state index < -0.39 is 0 Å². The molecule has 7 heteroatoms. The van der Waals surface area contributed by atoms with Crippen molar-refractivity contribution >= 4 is 29.4 Å². The number of halogens is 1. The Morgan fingerprint density at radius 2 is 1.56 bits per heavy atom. The van der Waals surface area contributed by atoms with Gasteiger partial charge in [-0.25, -0.2) is 4.98 Å². The normalized spacial score (nSPS) is 12.9. The maximum atomic E-state index is 13.2. The maximum absolute atomic E-state index is 13.2. The number of anilines is 1. The van der Waals surface area contributed by atoms with Crippen molar-refractivity contribution in [3.63, 3.8) is 0 Å². The molecule has 5 rings (SSSR count). The molecule has 0 bridgehead atoms. The molecule has 0 aliphatic heterocycles. The van der Waals surface area contributed by atoms with Crippen molar-refractivity contribution in [1.29, 1.82) is 0 Å². The number of hydrogen-bond acceptors (Lipinski definition) is 3. The number of hydrogen-bond donors (Lipinski definition) is 1. The third kappa shape index (κ3) is 5.34. The number of carbonyl (C=O) groups excluding carboxylic acids is 2. The lowest BCUT2D eigenvalue weighted by molar-refractivity contribution is -0.117. The molecular weight excluding hydrogens is 472 g/mol. The zero-order valence-corrected chi connectivity index (χ0v) is 21.0. The van der Waals surface area contributed by atoms with Crippen LogP contribution in [0.3, 0.4) is 0 Å². The lowest BCUT2D eigenvalue weighted by Gasteiger charge is -2.22. The molecule has 1 fully saturated rings. The molecule has 0 atom stereocenters. The molecule has 1 aliphatic rings. The van der Waals surface area contributed by atoms with E-state index in [0.29, 0.717) is 22.2 Å². The van der Waals surface area contributed by atoms with Gasteiger partial charge in [0.05, 0.1) is 5.69 Å². The second kappa shape index (κ2) is 9.99. The van der Waals surface area contributed by atoms with Crippen LogP contribution in [-0.2, 0) is 4.79 Å². The first-order valence-electron chi connectivity index (χ1n) is 12.0. The van der Waals surface area contributed by atoms with Crippen LogP contribution < -0.4 is 5.32 Å². The van der Waals surface area contributed by atoms with E-state index in [9.17, 15) is 9.59 Å². The van der Waals surface area contributed by atoms with E-state index in [1.54, 1.807) is 4.90 Å². The van der Waals surface area contributed by atoms with E-state index >= 15 is 0 Å². The summed E-state index contributed by atoms with van der Waals surface area (Å²) in [5.74, 6) is -0.0207. The molecule has 3 aromatic carbocycles. The molecule has 4 aromatic rings. The lowest BCUT2D eigenvalue weighted by Crippen LogP contribution is -2.39. The molecule has 1 aromatic heterocycles. The number of nitrogens with one attached hydrogen (secondary N) is 1. The average Bonchev–Trinajstić information content (AvgIpc) is 3.64. The van der Waals surface area contributed by atoms with Crippen LogP contribution >= 0.6 is 11.6 Å². The fourth-order valence-electron chi connectivity index (χ4n) is 4.06. The number of amides is 2. The molecule has 6 nitrogen and oxygen atoms in total. The summed E-state index contributed by atoms with van der Waals surface area (Å²) in [6.07, 6.45) is 3.70. The van der Waals surface area contributed by atoms with E-state index in [0.717, 1.165) is 35.2 Å². The van der Waals surface area contributed by atoms with Crippen molar-refractivity contribution in [3.8, 4) is 16.9 Å². The highest BCUT2D eigenvalue weighted by atomic mass is 35.5. The minimum absolute atomic E-state index is 0.0333. The standard InChI is InChI=1S/C29H27ClN4O2/c1-19-3-7-22(8-4-19)28(36)33(24-15-16-24)18-27(35)32-29-31-26(21-9-11-23(30)12-10-21)17-34(29)25-13-5-20(2)6-14-25/h3-14,17,24H,15-16,18H2,1-2H3,(H,31,32,35). The van der Waals surface area contributed by atoms with Crippen LogP contribution in [0.4, 0.5) is 5.95 Å². The fourth-order valence-corrected chi connectivity index (χ4v) is 4.19. The van der Waals surface area contributed by atoms with Gasteiger partial charge in [-0.05, 0) is 63.1 Å². The van der Waals surface area contributed by atoms with Crippen molar-refractivity contribution in [2.24, 2.45) is 0 Å². The Kier molecular flexibility index (Phi) is 6.61. The molecule has 0 spiro atoms. The summed E-state index contributed by atoms with van der Waals surface area (Å²) in [5.41, 5.74) is 5.27. The molecule has 0 saturated heterocycles. The van der Waals surface area contributed by atoms with Crippen molar-refractivity contribution in [1.82, 2.24) is 14.5 Å². The third-order valence-electron chi connectivity index (χ3n) is 6.27. The van der Waals surface area contributed by atoms with Gasteiger partial charge in [-0.15, -0.1) is 0 Å². The summed E-state index contributed by atoms with van der Waals surface area (Å²) >= 11 is 6.06. The molecule has 1 N–H and O–H groups in total. The second-order valence-electron chi connectivity index (χ2n) is 9.24. The molecule has 1 saturated carbocycles. The van der Waals surface area contributed by atoms with Gasteiger partial charge < -0.3 is 4.90 Å². The number of aryl methyl sites for hydroxylation is 2. The van der Waals surface area contributed by atoms with Gasteiger partial charge in [-0.3, -0.25) is 19.5 Å². The van der Waals surface area contributed by atoms with Gasteiger partial charge in [0.25, 0.3) is 5.91 Å². The number of benzene rings is 3. The number of rotatable bonds is 7. The fraction of sp³-hybridized carbons (Fsp3) is 0.207. The Morgan fingerprint density at radius 3 is 2.17 bits per heavy atom. The maximum Gasteiger partial charge on any atom is 0.254 e. The third-order valence-corrected chi connectivity index (χ3v) is 6.52. The Bertz CT molecular complexity index is 1390. The van der Waals surface area contributed by atoms with E-state index in [1.165, 1.54) is 0 Å². The quantitative estimate of drug-likeness (QED) is 0.337. The highest BCUT2D eigenvalue weighted by Crippen LogP contribution is 2.29. The summed E-state index contributed by atoms with van der Waals surface area (Å²) in [7, 11) is 0. The molecule has 1 aliphatic carbocycles. The Hall–Kier alpha value is -3.90. The minimum Gasteiger partial charge on any atom is -0.326 e. The molecule has 0 radical (unpaired) electrons. The molecule has 36 heavy (non-hydrogen) atoms. The number of carbonyl (C=O) groups is 2. The lowest BCUT2D eigenvalue weighted by atomic mass is 10.1. The molecule has 1 heterocycles. The summed E-state index contributed by atoms with van der Waals surface area (Å²) < 4.78 is 1.85. The van der Waals surface area contributed by atoms with Crippen LogP contribution in [0, 0.1) is 13.8 Å². The Labute approximate surface area is 215 Å². The SMILES string of the molecule is Cc1ccc(C(=O)N(CC(=O)Nc2nc(-c3ccc(Cl)cc3)cn2-c2ccc(C)cc2)C2CC2)cc1. The highest BCUT2D eigenvalue weighted by Gasteiger charge is 2.34.